The number of nitrogen functional groups attached to an aromatic ring is 1. The van der Waals surface area contributed by atoms with Gasteiger partial charge in [-0.15, -0.1) is 23.1 Å². The smallest absolute Gasteiger partial charge is 0.475 e. The highest BCUT2D eigenvalue weighted by molar-refractivity contribution is 8.01. The predicted molar refractivity (Wildman–Crippen MR) is 167 cm³/mol. The van der Waals surface area contributed by atoms with Crippen LogP contribution in [0.4, 0.5) is 18.9 Å². The van der Waals surface area contributed by atoms with Gasteiger partial charge < -0.3 is 21.9 Å². The fourth-order valence-electron chi connectivity index (χ4n) is 3.77. The van der Waals surface area contributed by atoms with Crippen LogP contribution < -0.4 is 16.8 Å². The number of alkyl halides is 3. The molecule has 9 nitrogen and oxygen atoms in total. The number of aliphatic carboxylic acids is 1. The van der Waals surface area contributed by atoms with Crippen LogP contribution in [0.1, 0.15) is 43.0 Å². The van der Waals surface area contributed by atoms with E-state index in [1.165, 1.54) is 29.2 Å². The maximum absolute atomic E-state index is 14.0. The van der Waals surface area contributed by atoms with Crippen LogP contribution in [-0.4, -0.2) is 50.3 Å². The van der Waals surface area contributed by atoms with Crippen LogP contribution in [0.15, 0.2) is 67.5 Å². The Labute approximate surface area is 257 Å². The molecule has 43 heavy (non-hydrogen) atoms. The molecule has 0 spiro atoms. The lowest BCUT2D eigenvalue weighted by Crippen LogP contribution is -2.24. The van der Waals surface area contributed by atoms with Gasteiger partial charge in [0.1, 0.15) is 5.84 Å². The van der Waals surface area contributed by atoms with Crippen molar-refractivity contribution in [3.05, 3.63) is 59.0 Å². The van der Waals surface area contributed by atoms with Crippen molar-refractivity contribution >= 4 is 56.4 Å². The fourth-order valence-corrected chi connectivity index (χ4v) is 7.80. The molecule has 0 atom stereocenters. The lowest BCUT2D eigenvalue weighted by atomic mass is 10.0. The minimum atomic E-state index is -5.08. The summed E-state index contributed by atoms with van der Waals surface area (Å²) < 4.78 is 60.3. The molecule has 0 saturated heterocycles. The Kier molecular flexibility index (Phi) is 13.1. The summed E-state index contributed by atoms with van der Waals surface area (Å²) >= 11 is 2.51. The molecule has 234 valence electrons. The van der Waals surface area contributed by atoms with E-state index in [1.807, 2.05) is 37.3 Å². The van der Waals surface area contributed by atoms with E-state index in [2.05, 4.69) is 17.2 Å². The minimum Gasteiger partial charge on any atom is -0.475 e. The van der Waals surface area contributed by atoms with Crippen LogP contribution in [0.2, 0.25) is 0 Å². The number of thioether (sulfide) groups is 1. The lowest BCUT2D eigenvalue weighted by Gasteiger charge is -2.15. The number of rotatable bonds is 11. The van der Waals surface area contributed by atoms with Gasteiger partial charge in [0.05, 0.1) is 24.6 Å². The molecule has 3 aromatic rings. The highest BCUT2D eigenvalue weighted by Gasteiger charge is 2.38. The van der Waals surface area contributed by atoms with E-state index in [-0.39, 0.29) is 21.6 Å². The first kappa shape index (κ1) is 35.6. The second-order valence-electron chi connectivity index (χ2n) is 9.16. The highest BCUT2D eigenvalue weighted by atomic mass is 32.2. The maximum Gasteiger partial charge on any atom is 0.490 e. The van der Waals surface area contributed by atoms with Crippen molar-refractivity contribution in [2.75, 3.05) is 18.1 Å². The molecule has 0 amide bonds. The van der Waals surface area contributed by atoms with Crippen molar-refractivity contribution in [3.8, 4) is 11.1 Å². The molecule has 0 fully saturated rings. The van der Waals surface area contributed by atoms with E-state index in [0.717, 1.165) is 42.4 Å². The van der Waals surface area contributed by atoms with E-state index >= 15 is 0 Å². The molecule has 0 saturated carbocycles. The molecule has 0 aliphatic carbocycles. The van der Waals surface area contributed by atoms with Crippen LogP contribution in [0.5, 0.6) is 0 Å². The number of nitrogens with zero attached hydrogens (tertiary/aromatic N) is 1. The molecule has 7 N–H and O–H groups in total. The number of anilines is 1. The molecule has 0 bridgehead atoms. The number of carbonyl (C=O) groups is 1. The third kappa shape index (κ3) is 10.0. The summed E-state index contributed by atoms with van der Waals surface area (Å²) in [5, 5.41) is 17.9. The number of sulfone groups is 1. The number of hydrogen-bond acceptors (Lipinski definition) is 7. The van der Waals surface area contributed by atoms with Gasteiger partial charge in [-0.25, -0.2) is 13.2 Å². The van der Waals surface area contributed by atoms with Crippen molar-refractivity contribution in [1.82, 2.24) is 0 Å². The van der Waals surface area contributed by atoms with E-state index in [0.29, 0.717) is 21.3 Å². The summed E-state index contributed by atoms with van der Waals surface area (Å²) in [7, 11) is -3.98. The fraction of sp³-hybridized carbons (Fsp3) is 0.321. The van der Waals surface area contributed by atoms with E-state index < -0.39 is 22.0 Å². The molecule has 15 heteroatoms. The number of hydrogen-bond donors (Lipinski definition) is 5. The number of guanidine groups is 1. The van der Waals surface area contributed by atoms with Crippen molar-refractivity contribution in [3.63, 3.8) is 0 Å². The Morgan fingerprint density at radius 2 is 1.74 bits per heavy atom. The molecule has 1 heterocycles. The van der Waals surface area contributed by atoms with Crippen LogP contribution in [0.25, 0.3) is 11.1 Å². The van der Waals surface area contributed by atoms with Crippen molar-refractivity contribution in [2.45, 2.75) is 59.7 Å². The highest BCUT2D eigenvalue weighted by Crippen LogP contribution is 2.40. The van der Waals surface area contributed by atoms with Gasteiger partial charge in [-0.2, -0.15) is 13.2 Å². The molecule has 1 aromatic heterocycles. The van der Waals surface area contributed by atoms with Crippen LogP contribution >= 0.6 is 23.1 Å². The Hall–Kier alpha value is -3.56. The van der Waals surface area contributed by atoms with E-state index in [9.17, 15) is 21.6 Å². The summed E-state index contributed by atoms with van der Waals surface area (Å²) in [6.07, 6.45) is 1.00. The first-order valence-corrected chi connectivity index (χ1v) is 16.5. The van der Waals surface area contributed by atoms with E-state index in [1.54, 1.807) is 18.4 Å². The number of halogens is 3. The van der Waals surface area contributed by atoms with Crippen LogP contribution in [0, 0.1) is 12.3 Å². The first-order chi connectivity index (χ1) is 20.1. The molecule has 3 rings (SSSR count). The molecule has 0 aliphatic heterocycles. The molecule has 2 aromatic carbocycles. The summed E-state index contributed by atoms with van der Waals surface area (Å²) in [4.78, 5) is 13.9. The number of nitrogens with one attached hydrogen (secondary N) is 2. The lowest BCUT2D eigenvalue weighted by molar-refractivity contribution is -0.192. The van der Waals surface area contributed by atoms with Crippen LogP contribution in [-0.2, 0) is 14.6 Å². The zero-order chi connectivity index (χ0) is 32.4. The normalized spacial score (nSPS) is 11.9. The predicted octanol–water partition coefficient (Wildman–Crippen LogP) is 6.50. The number of carboxylic acids is 1. The largest absolute Gasteiger partial charge is 0.490 e. The number of unbranched alkanes of at least 4 members (excludes halogenated alkanes) is 3. The molecule has 0 aliphatic rings. The molecular formula is C28H34F3N5O4S3. The number of carboxylic acid groups (broad SMARTS) is 1. The minimum absolute atomic E-state index is 0.0931. The summed E-state index contributed by atoms with van der Waals surface area (Å²) in [6.45, 7) is 4.71. The van der Waals surface area contributed by atoms with Gasteiger partial charge in [0, 0.05) is 6.54 Å². The Morgan fingerprint density at radius 3 is 2.30 bits per heavy atom. The topological polar surface area (TPSA) is 172 Å². The third-order valence-corrected chi connectivity index (χ3v) is 10.3. The first-order valence-electron chi connectivity index (χ1n) is 13.0. The zero-order valence-electron chi connectivity index (χ0n) is 23.8. The van der Waals surface area contributed by atoms with Crippen molar-refractivity contribution < 1.29 is 31.5 Å². The van der Waals surface area contributed by atoms with Gasteiger partial charge in [0.15, 0.2) is 5.96 Å². The monoisotopic (exact) mass is 657 g/mol. The quantitative estimate of drug-likeness (QED) is 0.0673. The average Bonchev–Trinajstić information content (AvgIpc) is 3.39. The number of aryl methyl sites for hydroxylation is 1. The number of amidine groups is 1. The van der Waals surface area contributed by atoms with Gasteiger partial charge in [-0.05, 0) is 54.5 Å². The van der Waals surface area contributed by atoms with Gasteiger partial charge in [-0.3, -0.25) is 10.4 Å². The standard InChI is InChI=1S/C26H33N5O2S3.C2HF3O2/c1-4-5-6-9-14-30-26(29)31-20-13-12-18(19-11-8-7-10-17(19)2)15-22(20)36(32,33)23-16-21(24(27)28)35-25(23)34-3;3-2(4,5)1(6)7/h7-8,10-13,15-16H,4-6,9,14H2,1-3H3,(H3,27,28)(H3,29,30,31);(H,6,7). The SMILES string of the molecule is CCCCCCN=C(N)Nc1ccc(-c2ccccc2C)cc1S(=O)(=O)c1cc(C(=N)N)sc1SC.O=C(O)C(F)(F)F. The van der Waals surface area contributed by atoms with Crippen molar-refractivity contribution in [1.29, 1.82) is 5.41 Å². The third-order valence-electron chi connectivity index (χ3n) is 5.93. The number of aliphatic imine (C=N–C) groups is 1. The van der Waals surface area contributed by atoms with Gasteiger partial charge in [-0.1, -0.05) is 56.5 Å². The average molecular weight is 658 g/mol. The Morgan fingerprint density at radius 1 is 1.09 bits per heavy atom. The van der Waals surface area contributed by atoms with E-state index in [4.69, 9.17) is 26.8 Å². The second-order valence-corrected chi connectivity index (χ2v) is 13.2. The Bertz CT molecular complexity index is 1570. The second kappa shape index (κ2) is 15.8. The number of thiophene rings is 1. The molecule has 0 radical (unpaired) electrons. The summed E-state index contributed by atoms with van der Waals surface area (Å²) in [5.41, 5.74) is 14.9. The Balaban J connectivity index is 0.000000821. The number of nitrogens with two attached hydrogens (primary N) is 2. The maximum atomic E-state index is 14.0. The number of benzene rings is 2. The molecular weight excluding hydrogens is 624 g/mol. The summed E-state index contributed by atoms with van der Waals surface area (Å²) in [6, 6.07) is 14.6. The summed E-state index contributed by atoms with van der Waals surface area (Å²) in [5.74, 6) is -2.75. The zero-order valence-corrected chi connectivity index (χ0v) is 26.2. The van der Waals surface area contributed by atoms with Gasteiger partial charge >= 0.3 is 12.1 Å². The van der Waals surface area contributed by atoms with Crippen molar-refractivity contribution in [2.24, 2.45) is 16.5 Å². The van der Waals surface area contributed by atoms with Gasteiger partial charge in [0.25, 0.3) is 0 Å². The van der Waals surface area contributed by atoms with Gasteiger partial charge in [0.2, 0.25) is 9.84 Å². The molecule has 0 unspecified atom stereocenters. The van der Waals surface area contributed by atoms with Crippen LogP contribution in [0.3, 0.4) is 0 Å².